The lowest BCUT2D eigenvalue weighted by atomic mass is 9.96. The second kappa shape index (κ2) is 5.57. The van der Waals surface area contributed by atoms with Crippen LogP contribution >= 0.6 is 15.9 Å². The molecule has 108 valence electrons. The Morgan fingerprint density at radius 1 is 1.40 bits per heavy atom. The smallest absolute Gasteiger partial charge is 0.324 e. The molecule has 0 radical (unpaired) electrons. The molecule has 1 heterocycles. The molecule has 0 aliphatic rings. The van der Waals surface area contributed by atoms with Crippen LogP contribution in [0.3, 0.4) is 0 Å². The highest BCUT2D eigenvalue weighted by Gasteiger charge is 2.34. The molecule has 20 heavy (non-hydrogen) atoms. The van der Waals surface area contributed by atoms with Gasteiger partial charge in [0.05, 0.1) is 11.8 Å². The molecule has 0 spiro atoms. The van der Waals surface area contributed by atoms with Crippen molar-refractivity contribution in [2.75, 3.05) is 0 Å². The number of nitrogens with zero attached hydrogens (tertiary/aromatic N) is 2. The van der Waals surface area contributed by atoms with Gasteiger partial charge in [-0.25, -0.2) is 0 Å². The molecule has 1 unspecified atom stereocenters. The third kappa shape index (κ3) is 3.40. The van der Waals surface area contributed by atoms with E-state index in [4.69, 9.17) is 5.73 Å². The van der Waals surface area contributed by atoms with Gasteiger partial charge in [-0.3, -0.25) is 4.68 Å². The number of halogens is 4. The fourth-order valence-corrected chi connectivity index (χ4v) is 2.40. The normalized spacial score (nSPS) is 13.5. The number of hydrogen-bond donors (Lipinski definition) is 1. The van der Waals surface area contributed by atoms with Gasteiger partial charge in [-0.1, -0.05) is 22.0 Å². The monoisotopic (exact) mass is 347 g/mol. The van der Waals surface area contributed by atoms with Crippen molar-refractivity contribution in [1.29, 1.82) is 0 Å². The van der Waals surface area contributed by atoms with Gasteiger partial charge >= 0.3 is 6.18 Å². The van der Waals surface area contributed by atoms with Gasteiger partial charge in [-0.05, 0) is 29.7 Å². The van der Waals surface area contributed by atoms with Crippen LogP contribution in [0, 0.1) is 0 Å². The molecular formula is C13H13BrF3N3. The van der Waals surface area contributed by atoms with E-state index in [1.54, 1.807) is 30.2 Å². The fraction of sp³-hybridized carbons (Fsp3) is 0.308. The minimum atomic E-state index is -4.42. The first-order valence-electron chi connectivity index (χ1n) is 5.87. The summed E-state index contributed by atoms with van der Waals surface area (Å²) < 4.78 is 41.1. The van der Waals surface area contributed by atoms with Crippen LogP contribution in [-0.2, 0) is 19.6 Å². The molecule has 1 aromatic carbocycles. The van der Waals surface area contributed by atoms with Crippen molar-refractivity contribution in [3.05, 3.63) is 51.8 Å². The van der Waals surface area contributed by atoms with Crippen LogP contribution in [0.1, 0.15) is 22.7 Å². The summed E-state index contributed by atoms with van der Waals surface area (Å²) in [5, 5.41) is 3.98. The third-order valence-corrected chi connectivity index (χ3v) is 3.43. The average Bonchev–Trinajstić information content (AvgIpc) is 2.73. The van der Waals surface area contributed by atoms with E-state index in [9.17, 15) is 13.2 Å². The van der Waals surface area contributed by atoms with Gasteiger partial charge in [-0.15, -0.1) is 0 Å². The highest BCUT2D eigenvalue weighted by Crippen LogP contribution is 2.36. The minimum absolute atomic E-state index is 0.0875. The van der Waals surface area contributed by atoms with Gasteiger partial charge in [0.15, 0.2) is 0 Å². The average molecular weight is 348 g/mol. The molecular weight excluding hydrogens is 335 g/mol. The van der Waals surface area contributed by atoms with Gasteiger partial charge in [0.2, 0.25) is 0 Å². The summed E-state index contributed by atoms with van der Waals surface area (Å²) in [4.78, 5) is 0. The van der Waals surface area contributed by atoms with Crippen LogP contribution in [0.25, 0.3) is 0 Å². The molecule has 7 heteroatoms. The minimum Gasteiger partial charge on any atom is -0.324 e. The van der Waals surface area contributed by atoms with Crippen molar-refractivity contribution >= 4 is 15.9 Å². The highest BCUT2D eigenvalue weighted by molar-refractivity contribution is 9.10. The Hall–Kier alpha value is -1.34. The summed E-state index contributed by atoms with van der Waals surface area (Å²) >= 11 is 3.05. The largest absolute Gasteiger partial charge is 0.416 e. The molecule has 0 saturated heterocycles. The topological polar surface area (TPSA) is 43.8 Å². The number of aryl methyl sites for hydroxylation is 1. The van der Waals surface area contributed by atoms with Gasteiger partial charge in [-0.2, -0.15) is 18.3 Å². The van der Waals surface area contributed by atoms with Crippen molar-refractivity contribution in [2.45, 2.75) is 18.6 Å². The first-order chi connectivity index (χ1) is 9.27. The number of alkyl halides is 3. The zero-order chi connectivity index (χ0) is 14.9. The molecule has 1 aromatic heterocycles. The summed E-state index contributed by atoms with van der Waals surface area (Å²) in [5.74, 6) is 0. The predicted molar refractivity (Wildman–Crippen MR) is 73.0 cm³/mol. The van der Waals surface area contributed by atoms with E-state index in [0.717, 1.165) is 11.6 Å². The maximum absolute atomic E-state index is 13.0. The summed E-state index contributed by atoms with van der Waals surface area (Å²) in [6.45, 7) is 0. The van der Waals surface area contributed by atoms with E-state index >= 15 is 0 Å². The molecule has 0 amide bonds. The third-order valence-electron chi connectivity index (χ3n) is 2.93. The standard InChI is InChI=1S/C13H13BrF3N3/c1-20-7-8(6-19-20)4-12(18)10-3-2-9(14)5-11(10)13(15,16)17/h2-3,5-7,12H,4,18H2,1H3. The van der Waals surface area contributed by atoms with E-state index in [1.807, 2.05) is 0 Å². The second-order valence-electron chi connectivity index (χ2n) is 4.56. The number of nitrogens with two attached hydrogens (primary N) is 1. The molecule has 0 bridgehead atoms. The summed E-state index contributed by atoms with van der Waals surface area (Å²) in [7, 11) is 1.75. The van der Waals surface area contributed by atoms with E-state index in [-0.39, 0.29) is 5.56 Å². The Kier molecular flexibility index (Phi) is 4.19. The van der Waals surface area contributed by atoms with E-state index in [1.165, 1.54) is 6.07 Å². The summed E-state index contributed by atoms with van der Waals surface area (Å²) in [6, 6.07) is 3.30. The van der Waals surface area contributed by atoms with Gasteiger partial charge in [0.25, 0.3) is 0 Å². The number of rotatable bonds is 3. The molecule has 1 atom stereocenters. The van der Waals surface area contributed by atoms with Crippen LogP contribution in [0.2, 0.25) is 0 Å². The lowest BCUT2D eigenvalue weighted by Crippen LogP contribution is -2.19. The second-order valence-corrected chi connectivity index (χ2v) is 5.48. The lowest BCUT2D eigenvalue weighted by Gasteiger charge is -2.18. The SMILES string of the molecule is Cn1cc(CC(N)c2ccc(Br)cc2C(F)(F)F)cn1. The van der Waals surface area contributed by atoms with E-state index in [2.05, 4.69) is 21.0 Å². The molecule has 0 aliphatic carbocycles. The Morgan fingerprint density at radius 3 is 2.65 bits per heavy atom. The maximum Gasteiger partial charge on any atom is 0.416 e. The number of hydrogen-bond acceptors (Lipinski definition) is 2. The van der Waals surface area contributed by atoms with Gasteiger partial charge in [0, 0.05) is 23.8 Å². The predicted octanol–water partition coefficient (Wildman–Crippen LogP) is 3.44. The van der Waals surface area contributed by atoms with Crippen molar-refractivity contribution in [3.63, 3.8) is 0 Å². The molecule has 2 aromatic rings. The highest BCUT2D eigenvalue weighted by atomic mass is 79.9. The van der Waals surface area contributed by atoms with E-state index < -0.39 is 17.8 Å². The first-order valence-corrected chi connectivity index (χ1v) is 6.66. The van der Waals surface area contributed by atoms with Crippen LogP contribution < -0.4 is 5.73 Å². The van der Waals surface area contributed by atoms with E-state index in [0.29, 0.717) is 10.9 Å². The van der Waals surface area contributed by atoms with Crippen molar-refractivity contribution in [2.24, 2.45) is 12.8 Å². The molecule has 0 saturated carbocycles. The zero-order valence-electron chi connectivity index (χ0n) is 10.7. The Bertz CT molecular complexity index is 607. The quantitative estimate of drug-likeness (QED) is 0.924. The number of aromatic nitrogens is 2. The lowest BCUT2D eigenvalue weighted by molar-refractivity contribution is -0.138. The van der Waals surface area contributed by atoms with Gasteiger partial charge in [0.1, 0.15) is 0 Å². The molecule has 3 nitrogen and oxygen atoms in total. The Labute approximate surface area is 122 Å². The molecule has 0 fully saturated rings. The van der Waals surface area contributed by atoms with Crippen LogP contribution in [0.4, 0.5) is 13.2 Å². The van der Waals surface area contributed by atoms with Crippen molar-refractivity contribution in [1.82, 2.24) is 9.78 Å². The molecule has 2 rings (SSSR count). The Balaban J connectivity index is 2.32. The maximum atomic E-state index is 13.0. The van der Waals surface area contributed by atoms with Crippen LogP contribution in [0.5, 0.6) is 0 Å². The zero-order valence-corrected chi connectivity index (χ0v) is 12.2. The molecule has 2 N–H and O–H groups in total. The van der Waals surface area contributed by atoms with Gasteiger partial charge < -0.3 is 5.73 Å². The van der Waals surface area contributed by atoms with Crippen molar-refractivity contribution < 1.29 is 13.2 Å². The first kappa shape index (κ1) is 15.1. The summed E-state index contributed by atoms with van der Waals surface area (Å²) in [5.41, 5.74) is 6.12. The fourth-order valence-electron chi connectivity index (χ4n) is 2.04. The van der Waals surface area contributed by atoms with Crippen LogP contribution in [0.15, 0.2) is 35.1 Å². The van der Waals surface area contributed by atoms with Crippen LogP contribution in [-0.4, -0.2) is 9.78 Å². The Morgan fingerprint density at radius 2 is 2.10 bits per heavy atom. The summed E-state index contributed by atoms with van der Waals surface area (Å²) in [6.07, 6.45) is -0.776. The van der Waals surface area contributed by atoms with Crippen molar-refractivity contribution in [3.8, 4) is 0 Å². The number of benzene rings is 1. The molecule has 0 aliphatic heterocycles.